The third-order valence-corrected chi connectivity index (χ3v) is 2.86. The van der Waals surface area contributed by atoms with E-state index in [0.717, 1.165) is 24.7 Å². The van der Waals surface area contributed by atoms with Gasteiger partial charge < -0.3 is 5.11 Å². The molecule has 10 heavy (non-hydrogen) atoms. The first-order valence-electron chi connectivity index (χ1n) is 4.19. The molecule has 0 bridgehead atoms. The molecule has 2 rings (SSSR count). The quantitative estimate of drug-likeness (QED) is 0.505. The van der Waals surface area contributed by atoms with Gasteiger partial charge in [-0.15, -0.1) is 0 Å². The van der Waals surface area contributed by atoms with Crippen LogP contribution in [0.2, 0.25) is 0 Å². The first-order valence-corrected chi connectivity index (χ1v) is 4.19. The number of allylic oxidation sites excluding steroid dienone is 2. The highest BCUT2D eigenvalue weighted by atomic mass is 16.3. The van der Waals surface area contributed by atoms with E-state index in [1.54, 1.807) is 0 Å². The van der Waals surface area contributed by atoms with Crippen LogP contribution >= 0.6 is 0 Å². The predicted octanol–water partition coefficient (Wildman–Crippen LogP) is 1.72. The summed E-state index contributed by atoms with van der Waals surface area (Å²) in [7, 11) is 0. The Morgan fingerprint density at radius 1 is 1.00 bits per heavy atom. The number of hydrogen-bond acceptors (Lipinski definition) is 1. The first-order chi connectivity index (χ1) is 4.86. The van der Waals surface area contributed by atoms with Gasteiger partial charge in [0.25, 0.3) is 0 Å². The van der Waals surface area contributed by atoms with Crippen LogP contribution in [-0.2, 0) is 0 Å². The van der Waals surface area contributed by atoms with E-state index in [-0.39, 0.29) is 6.10 Å². The Bertz CT molecular complexity index is 135. The third-order valence-electron chi connectivity index (χ3n) is 2.86. The van der Waals surface area contributed by atoms with Crippen molar-refractivity contribution in [2.45, 2.75) is 31.8 Å². The standard InChI is InChI=1S/C9H14O/c10-9-5-7-3-1-2-4-8(7)6-9/h1-2,7-10H,3-6H2/t7-,8+,9+. The van der Waals surface area contributed by atoms with Crippen LogP contribution in [0.3, 0.4) is 0 Å². The molecule has 2 aliphatic carbocycles. The van der Waals surface area contributed by atoms with Crippen molar-refractivity contribution < 1.29 is 5.11 Å². The maximum atomic E-state index is 9.33. The van der Waals surface area contributed by atoms with Crippen LogP contribution in [0.25, 0.3) is 0 Å². The van der Waals surface area contributed by atoms with E-state index in [9.17, 15) is 5.11 Å². The molecule has 2 aliphatic rings. The lowest BCUT2D eigenvalue weighted by molar-refractivity contribution is 0.175. The number of fused-ring (bicyclic) bond motifs is 1. The van der Waals surface area contributed by atoms with Gasteiger partial charge in [0.15, 0.2) is 0 Å². The monoisotopic (exact) mass is 138 g/mol. The van der Waals surface area contributed by atoms with Crippen LogP contribution in [0.15, 0.2) is 12.2 Å². The molecule has 1 nitrogen and oxygen atoms in total. The lowest BCUT2D eigenvalue weighted by atomic mass is 9.86. The van der Waals surface area contributed by atoms with E-state index in [1.165, 1.54) is 12.8 Å². The Morgan fingerprint density at radius 3 is 2.00 bits per heavy atom. The summed E-state index contributed by atoms with van der Waals surface area (Å²) in [6.45, 7) is 0. The molecular weight excluding hydrogens is 124 g/mol. The van der Waals surface area contributed by atoms with Crippen molar-refractivity contribution >= 4 is 0 Å². The molecule has 0 radical (unpaired) electrons. The minimum atomic E-state index is 0.00917. The molecule has 0 saturated heterocycles. The van der Waals surface area contributed by atoms with E-state index in [1.807, 2.05) is 0 Å². The van der Waals surface area contributed by atoms with Gasteiger partial charge in [0.2, 0.25) is 0 Å². The van der Waals surface area contributed by atoms with Crippen LogP contribution in [0.1, 0.15) is 25.7 Å². The van der Waals surface area contributed by atoms with E-state index >= 15 is 0 Å². The van der Waals surface area contributed by atoms with Crippen LogP contribution in [-0.4, -0.2) is 11.2 Å². The average molecular weight is 138 g/mol. The Hall–Kier alpha value is -0.300. The van der Waals surface area contributed by atoms with E-state index < -0.39 is 0 Å². The van der Waals surface area contributed by atoms with Gasteiger partial charge in [0.05, 0.1) is 6.10 Å². The fourth-order valence-corrected chi connectivity index (χ4v) is 2.30. The molecule has 0 unspecified atom stereocenters. The minimum Gasteiger partial charge on any atom is -0.393 e. The fourth-order valence-electron chi connectivity index (χ4n) is 2.30. The first kappa shape index (κ1) is 6.41. The summed E-state index contributed by atoms with van der Waals surface area (Å²) in [6.07, 6.45) is 9.06. The van der Waals surface area contributed by atoms with Crippen molar-refractivity contribution in [2.75, 3.05) is 0 Å². The molecule has 1 heteroatoms. The highest BCUT2D eigenvalue weighted by Gasteiger charge is 2.32. The van der Waals surface area contributed by atoms with Crippen molar-refractivity contribution in [1.82, 2.24) is 0 Å². The van der Waals surface area contributed by atoms with Crippen molar-refractivity contribution in [1.29, 1.82) is 0 Å². The van der Waals surface area contributed by atoms with E-state index in [2.05, 4.69) is 12.2 Å². The number of aliphatic hydroxyl groups excluding tert-OH is 1. The summed E-state index contributed by atoms with van der Waals surface area (Å²) in [5.41, 5.74) is 0. The highest BCUT2D eigenvalue weighted by Crippen LogP contribution is 2.39. The molecule has 1 saturated carbocycles. The van der Waals surface area contributed by atoms with Crippen LogP contribution in [0.5, 0.6) is 0 Å². The molecule has 0 aromatic heterocycles. The van der Waals surface area contributed by atoms with Gasteiger partial charge in [-0.3, -0.25) is 0 Å². The normalized spacial score (nSPS) is 45.5. The van der Waals surface area contributed by atoms with Crippen molar-refractivity contribution in [2.24, 2.45) is 11.8 Å². The number of hydrogen-bond donors (Lipinski definition) is 1. The van der Waals surface area contributed by atoms with Gasteiger partial charge in [-0.1, -0.05) is 12.2 Å². The molecular formula is C9H14O. The molecule has 0 aromatic carbocycles. The summed E-state index contributed by atoms with van der Waals surface area (Å²) < 4.78 is 0. The van der Waals surface area contributed by atoms with Gasteiger partial charge in [-0.2, -0.15) is 0 Å². The van der Waals surface area contributed by atoms with Crippen LogP contribution in [0.4, 0.5) is 0 Å². The van der Waals surface area contributed by atoms with Gasteiger partial charge in [-0.25, -0.2) is 0 Å². The maximum Gasteiger partial charge on any atom is 0.0546 e. The number of aliphatic hydroxyl groups is 1. The molecule has 0 spiro atoms. The number of rotatable bonds is 0. The zero-order valence-corrected chi connectivity index (χ0v) is 6.16. The summed E-state index contributed by atoms with van der Waals surface area (Å²) in [5.74, 6) is 1.61. The highest BCUT2D eigenvalue weighted by molar-refractivity contribution is 4.98. The van der Waals surface area contributed by atoms with Crippen molar-refractivity contribution in [3.8, 4) is 0 Å². The summed E-state index contributed by atoms with van der Waals surface area (Å²) >= 11 is 0. The van der Waals surface area contributed by atoms with E-state index in [4.69, 9.17) is 0 Å². The second-order valence-electron chi connectivity index (χ2n) is 3.59. The zero-order valence-electron chi connectivity index (χ0n) is 6.16. The van der Waals surface area contributed by atoms with Crippen molar-refractivity contribution in [3.05, 3.63) is 12.2 Å². The summed E-state index contributed by atoms with van der Waals surface area (Å²) in [4.78, 5) is 0. The lowest BCUT2D eigenvalue weighted by Gasteiger charge is -2.19. The van der Waals surface area contributed by atoms with Gasteiger partial charge in [0.1, 0.15) is 0 Å². The fraction of sp³-hybridized carbons (Fsp3) is 0.778. The third kappa shape index (κ3) is 0.988. The Kier molecular flexibility index (Phi) is 1.53. The predicted molar refractivity (Wildman–Crippen MR) is 40.6 cm³/mol. The maximum absolute atomic E-state index is 9.33. The Labute approximate surface area is 61.8 Å². The molecule has 1 fully saturated rings. The molecule has 1 N–H and O–H groups in total. The molecule has 0 amide bonds. The van der Waals surface area contributed by atoms with E-state index in [0.29, 0.717) is 0 Å². The largest absolute Gasteiger partial charge is 0.393 e. The SMILES string of the molecule is O[C@H]1C[C@H]2CC=CC[C@H]2C1. The second-order valence-corrected chi connectivity index (χ2v) is 3.59. The molecule has 0 heterocycles. The lowest BCUT2D eigenvalue weighted by Crippen LogP contribution is -2.08. The summed E-state index contributed by atoms with van der Waals surface area (Å²) in [6, 6.07) is 0. The van der Waals surface area contributed by atoms with Crippen LogP contribution in [0, 0.1) is 11.8 Å². The van der Waals surface area contributed by atoms with Gasteiger partial charge in [-0.05, 0) is 37.5 Å². The summed E-state index contributed by atoms with van der Waals surface area (Å²) in [5, 5.41) is 9.33. The second kappa shape index (κ2) is 2.39. The van der Waals surface area contributed by atoms with Crippen molar-refractivity contribution in [3.63, 3.8) is 0 Å². The molecule has 56 valence electrons. The minimum absolute atomic E-state index is 0.00917. The molecule has 3 atom stereocenters. The average Bonchev–Trinajstić information content (AvgIpc) is 2.27. The molecule has 0 aliphatic heterocycles. The molecule has 0 aromatic rings. The topological polar surface area (TPSA) is 20.2 Å². The smallest absolute Gasteiger partial charge is 0.0546 e. The van der Waals surface area contributed by atoms with Crippen LogP contribution < -0.4 is 0 Å². The Morgan fingerprint density at radius 2 is 1.50 bits per heavy atom. The zero-order chi connectivity index (χ0) is 6.97. The van der Waals surface area contributed by atoms with Gasteiger partial charge in [0, 0.05) is 0 Å². The Balaban J connectivity index is 2.05. The van der Waals surface area contributed by atoms with Gasteiger partial charge >= 0.3 is 0 Å².